The van der Waals surface area contributed by atoms with Gasteiger partial charge in [-0.05, 0) is 55.6 Å². The lowest BCUT2D eigenvalue weighted by atomic mass is 9.88. The Labute approximate surface area is 174 Å². The first-order valence-corrected chi connectivity index (χ1v) is 10.9. The second-order valence-electron chi connectivity index (χ2n) is 8.42. The van der Waals surface area contributed by atoms with Crippen molar-refractivity contribution in [2.75, 3.05) is 18.4 Å². The molecule has 2 aliphatic heterocycles. The van der Waals surface area contributed by atoms with Crippen LogP contribution in [0.25, 0.3) is 11.1 Å². The summed E-state index contributed by atoms with van der Waals surface area (Å²) in [5.41, 5.74) is 2.39. The van der Waals surface area contributed by atoms with Gasteiger partial charge in [0.05, 0.1) is 11.3 Å². The van der Waals surface area contributed by atoms with Crippen LogP contribution in [0.3, 0.4) is 0 Å². The maximum absolute atomic E-state index is 14.7. The van der Waals surface area contributed by atoms with Crippen LogP contribution in [0.1, 0.15) is 50.0 Å². The van der Waals surface area contributed by atoms with Gasteiger partial charge in [-0.25, -0.2) is 8.78 Å². The standard InChI is InChI=1S/C23H25ClF2N2O/c24-14-10-18(25)22(19(26)11-14)13-8-16-17-12-27-7-6-21(17)29-23(16)20(9-13)28-15-4-2-1-3-5-15/h8-11,15,17,21,27-28H,1-7,12H2. The summed E-state index contributed by atoms with van der Waals surface area (Å²) in [5.74, 6) is -0.233. The van der Waals surface area contributed by atoms with Crippen molar-refractivity contribution >= 4 is 17.3 Å². The molecule has 2 unspecified atom stereocenters. The van der Waals surface area contributed by atoms with E-state index in [1.54, 1.807) is 0 Å². The monoisotopic (exact) mass is 418 g/mol. The molecular formula is C23H25ClF2N2O. The molecule has 1 saturated carbocycles. The van der Waals surface area contributed by atoms with Crippen molar-refractivity contribution in [1.82, 2.24) is 5.32 Å². The number of rotatable bonds is 3. The average molecular weight is 419 g/mol. The minimum absolute atomic E-state index is 0.0314. The quantitative estimate of drug-likeness (QED) is 0.654. The maximum Gasteiger partial charge on any atom is 0.146 e. The summed E-state index contributed by atoms with van der Waals surface area (Å²) in [6.45, 7) is 1.74. The van der Waals surface area contributed by atoms with E-state index < -0.39 is 11.6 Å². The van der Waals surface area contributed by atoms with E-state index in [0.717, 1.165) is 49.4 Å². The predicted molar refractivity (Wildman–Crippen MR) is 112 cm³/mol. The van der Waals surface area contributed by atoms with Gasteiger partial charge in [0.15, 0.2) is 0 Å². The molecule has 1 aliphatic carbocycles. The Morgan fingerprint density at radius 2 is 1.76 bits per heavy atom. The van der Waals surface area contributed by atoms with Crippen LogP contribution in [-0.2, 0) is 0 Å². The van der Waals surface area contributed by atoms with Crippen LogP contribution < -0.4 is 15.4 Å². The van der Waals surface area contributed by atoms with E-state index in [1.807, 2.05) is 12.1 Å². The molecule has 2 N–H and O–H groups in total. The van der Waals surface area contributed by atoms with Crippen molar-refractivity contribution in [2.45, 2.75) is 56.6 Å². The number of nitrogens with one attached hydrogen (secondary N) is 2. The van der Waals surface area contributed by atoms with Crippen molar-refractivity contribution < 1.29 is 13.5 Å². The number of hydrogen-bond donors (Lipinski definition) is 2. The molecule has 3 aliphatic rings. The van der Waals surface area contributed by atoms with Gasteiger partial charge in [-0.3, -0.25) is 0 Å². The summed E-state index contributed by atoms with van der Waals surface area (Å²) < 4.78 is 35.7. The fraction of sp³-hybridized carbons (Fsp3) is 0.478. The molecular weight excluding hydrogens is 394 g/mol. The smallest absolute Gasteiger partial charge is 0.146 e. The first-order valence-electron chi connectivity index (χ1n) is 10.6. The Hall–Kier alpha value is -1.85. The lowest BCUT2D eigenvalue weighted by Crippen LogP contribution is -2.37. The Morgan fingerprint density at radius 3 is 2.52 bits per heavy atom. The highest BCUT2D eigenvalue weighted by atomic mass is 35.5. The summed E-state index contributed by atoms with van der Waals surface area (Å²) >= 11 is 5.83. The zero-order valence-corrected chi connectivity index (χ0v) is 17.0. The molecule has 0 radical (unpaired) electrons. The Balaban J connectivity index is 1.60. The fourth-order valence-electron chi connectivity index (χ4n) is 5.03. The molecule has 3 nitrogen and oxygen atoms in total. The van der Waals surface area contributed by atoms with E-state index in [1.165, 1.54) is 31.4 Å². The van der Waals surface area contributed by atoms with Crippen LogP contribution in [0.2, 0.25) is 5.02 Å². The van der Waals surface area contributed by atoms with Crippen molar-refractivity contribution in [3.8, 4) is 16.9 Å². The molecule has 0 amide bonds. The van der Waals surface area contributed by atoms with Crippen molar-refractivity contribution in [1.29, 1.82) is 0 Å². The van der Waals surface area contributed by atoms with Crippen molar-refractivity contribution in [3.05, 3.63) is 46.5 Å². The summed E-state index contributed by atoms with van der Waals surface area (Å²) in [4.78, 5) is 0. The number of anilines is 1. The molecule has 2 fully saturated rings. The third-order valence-electron chi connectivity index (χ3n) is 6.47. The number of fused-ring (bicyclic) bond motifs is 3. The van der Waals surface area contributed by atoms with Gasteiger partial charge >= 0.3 is 0 Å². The molecule has 2 heterocycles. The Kier molecular flexibility index (Phi) is 5.12. The van der Waals surface area contributed by atoms with Gasteiger partial charge in [-0.15, -0.1) is 0 Å². The van der Waals surface area contributed by atoms with E-state index in [9.17, 15) is 8.78 Å². The number of benzene rings is 2. The van der Waals surface area contributed by atoms with E-state index >= 15 is 0 Å². The van der Waals surface area contributed by atoms with Crippen LogP contribution in [0.15, 0.2) is 24.3 Å². The third-order valence-corrected chi connectivity index (χ3v) is 6.68. The van der Waals surface area contributed by atoms with Gasteiger partial charge in [0.25, 0.3) is 0 Å². The zero-order valence-electron chi connectivity index (χ0n) is 16.2. The number of halogens is 3. The number of piperidine rings is 1. The van der Waals surface area contributed by atoms with E-state index in [0.29, 0.717) is 11.6 Å². The lowest BCUT2D eigenvalue weighted by Gasteiger charge is -2.25. The highest BCUT2D eigenvalue weighted by Gasteiger charge is 2.38. The highest BCUT2D eigenvalue weighted by Crippen LogP contribution is 2.48. The highest BCUT2D eigenvalue weighted by molar-refractivity contribution is 6.30. The topological polar surface area (TPSA) is 33.3 Å². The largest absolute Gasteiger partial charge is 0.487 e. The second-order valence-corrected chi connectivity index (χ2v) is 8.86. The molecule has 5 rings (SSSR count). The molecule has 2 aromatic rings. The maximum atomic E-state index is 14.7. The van der Waals surface area contributed by atoms with Gasteiger partial charge in [0, 0.05) is 29.1 Å². The zero-order chi connectivity index (χ0) is 20.0. The fourth-order valence-corrected chi connectivity index (χ4v) is 5.22. The van der Waals surface area contributed by atoms with Crippen LogP contribution in [0.4, 0.5) is 14.5 Å². The lowest BCUT2D eigenvalue weighted by molar-refractivity contribution is 0.173. The summed E-state index contributed by atoms with van der Waals surface area (Å²) in [5, 5.41) is 7.12. The van der Waals surface area contributed by atoms with Crippen LogP contribution in [-0.4, -0.2) is 25.2 Å². The number of ether oxygens (including phenoxy) is 1. The Morgan fingerprint density at radius 1 is 1.00 bits per heavy atom. The van der Waals surface area contributed by atoms with Gasteiger partial charge in [0.2, 0.25) is 0 Å². The van der Waals surface area contributed by atoms with E-state index in [4.69, 9.17) is 16.3 Å². The minimum Gasteiger partial charge on any atom is -0.487 e. The van der Waals surface area contributed by atoms with Gasteiger partial charge < -0.3 is 15.4 Å². The molecule has 0 spiro atoms. The van der Waals surface area contributed by atoms with Gasteiger partial charge in [-0.1, -0.05) is 30.9 Å². The van der Waals surface area contributed by atoms with E-state index in [-0.39, 0.29) is 22.6 Å². The average Bonchev–Trinajstić information content (AvgIpc) is 3.07. The summed E-state index contributed by atoms with van der Waals surface area (Å²) in [6.07, 6.45) is 6.94. The molecule has 2 atom stereocenters. The minimum atomic E-state index is -0.643. The SMILES string of the molecule is Fc1cc(Cl)cc(F)c1-c1cc(NC2CCCCC2)c2c(c1)C1CNCCC1O2. The second kappa shape index (κ2) is 7.77. The van der Waals surface area contributed by atoms with Crippen LogP contribution >= 0.6 is 11.6 Å². The molecule has 154 valence electrons. The molecule has 2 aromatic carbocycles. The first kappa shape index (κ1) is 19.1. The Bertz CT molecular complexity index is 906. The normalized spacial score (nSPS) is 24.0. The molecule has 6 heteroatoms. The van der Waals surface area contributed by atoms with Crippen molar-refractivity contribution in [2.24, 2.45) is 0 Å². The van der Waals surface area contributed by atoms with Gasteiger partial charge in [-0.2, -0.15) is 0 Å². The van der Waals surface area contributed by atoms with E-state index in [2.05, 4.69) is 10.6 Å². The third kappa shape index (κ3) is 3.59. The first-order chi connectivity index (χ1) is 14.1. The molecule has 0 aromatic heterocycles. The molecule has 0 bridgehead atoms. The molecule has 29 heavy (non-hydrogen) atoms. The summed E-state index contributed by atoms with van der Waals surface area (Å²) in [6, 6.07) is 6.45. The van der Waals surface area contributed by atoms with Crippen LogP contribution in [0, 0.1) is 11.6 Å². The number of hydrogen-bond acceptors (Lipinski definition) is 3. The predicted octanol–water partition coefficient (Wildman–Crippen LogP) is 5.87. The van der Waals surface area contributed by atoms with Crippen LogP contribution in [0.5, 0.6) is 5.75 Å². The van der Waals surface area contributed by atoms with Crippen molar-refractivity contribution in [3.63, 3.8) is 0 Å². The van der Waals surface area contributed by atoms with Gasteiger partial charge in [0.1, 0.15) is 23.5 Å². The molecule has 1 saturated heterocycles. The summed E-state index contributed by atoms with van der Waals surface area (Å²) in [7, 11) is 0.